The van der Waals surface area contributed by atoms with E-state index in [1.807, 2.05) is 0 Å². The van der Waals surface area contributed by atoms with E-state index in [0.29, 0.717) is 24.8 Å². The van der Waals surface area contributed by atoms with Gasteiger partial charge in [-0.05, 0) is 37.1 Å². The van der Waals surface area contributed by atoms with Gasteiger partial charge in [-0.25, -0.2) is 13.4 Å². The highest BCUT2D eigenvalue weighted by Gasteiger charge is 2.34. The Kier molecular flexibility index (Phi) is 5.19. The number of rotatable bonds is 4. The molecule has 3 rings (SSSR count). The van der Waals surface area contributed by atoms with Gasteiger partial charge in [-0.2, -0.15) is 17.5 Å². The second-order valence-corrected chi connectivity index (χ2v) is 7.85. The molecule has 0 bridgehead atoms. The van der Waals surface area contributed by atoms with Gasteiger partial charge in [-0.15, -0.1) is 0 Å². The van der Waals surface area contributed by atoms with E-state index in [-0.39, 0.29) is 24.1 Å². The molecule has 26 heavy (non-hydrogen) atoms. The number of sulfonamides is 1. The summed E-state index contributed by atoms with van der Waals surface area (Å²) in [7, 11) is -3.98. The number of hydrogen-bond acceptors (Lipinski definition) is 4. The SMILES string of the molecule is O=S(=O)(c1cccc(C(F)(F)F)c1)N1CCC(Oc2ccccn2)CC1. The quantitative estimate of drug-likeness (QED) is 0.809. The van der Waals surface area contributed by atoms with Gasteiger partial charge >= 0.3 is 6.18 Å². The fourth-order valence-corrected chi connectivity index (χ4v) is 4.28. The second kappa shape index (κ2) is 7.24. The minimum Gasteiger partial charge on any atom is -0.474 e. The number of nitrogens with zero attached hydrogens (tertiary/aromatic N) is 2. The summed E-state index contributed by atoms with van der Waals surface area (Å²) in [6.45, 7) is 0.353. The van der Waals surface area contributed by atoms with Gasteiger partial charge in [0.1, 0.15) is 6.10 Å². The van der Waals surface area contributed by atoms with Gasteiger partial charge in [0, 0.05) is 25.4 Å². The van der Waals surface area contributed by atoms with Gasteiger partial charge in [0.15, 0.2) is 0 Å². The van der Waals surface area contributed by atoms with Crippen molar-refractivity contribution < 1.29 is 26.3 Å². The van der Waals surface area contributed by atoms with Crippen LogP contribution in [0.5, 0.6) is 5.88 Å². The molecule has 1 saturated heterocycles. The van der Waals surface area contributed by atoms with Crippen molar-refractivity contribution >= 4 is 10.0 Å². The molecule has 140 valence electrons. The Morgan fingerprint density at radius 1 is 1.08 bits per heavy atom. The van der Waals surface area contributed by atoms with Crippen molar-refractivity contribution in [2.24, 2.45) is 0 Å². The Morgan fingerprint density at radius 2 is 1.81 bits per heavy atom. The standard InChI is InChI=1S/C17H17F3N2O3S/c18-17(19,20)13-4-3-5-15(12-13)26(23,24)22-10-7-14(8-11-22)25-16-6-1-2-9-21-16/h1-6,9,12,14H,7-8,10-11H2. The average Bonchev–Trinajstić information content (AvgIpc) is 2.62. The van der Waals surface area contributed by atoms with Crippen LogP contribution in [0.1, 0.15) is 18.4 Å². The lowest BCUT2D eigenvalue weighted by Gasteiger charge is -2.31. The van der Waals surface area contributed by atoms with Crippen LogP contribution in [0.2, 0.25) is 0 Å². The third-order valence-electron chi connectivity index (χ3n) is 4.13. The largest absolute Gasteiger partial charge is 0.474 e. The highest BCUT2D eigenvalue weighted by molar-refractivity contribution is 7.89. The van der Waals surface area contributed by atoms with E-state index in [4.69, 9.17) is 4.74 Å². The fraction of sp³-hybridized carbons (Fsp3) is 0.353. The smallest absolute Gasteiger partial charge is 0.416 e. The zero-order valence-corrected chi connectivity index (χ0v) is 14.5. The number of hydrogen-bond donors (Lipinski definition) is 0. The molecule has 9 heteroatoms. The van der Waals surface area contributed by atoms with Crippen LogP contribution in [0.4, 0.5) is 13.2 Å². The van der Waals surface area contributed by atoms with E-state index in [1.165, 1.54) is 10.4 Å². The Morgan fingerprint density at radius 3 is 2.42 bits per heavy atom. The first-order valence-electron chi connectivity index (χ1n) is 8.02. The molecule has 0 atom stereocenters. The topological polar surface area (TPSA) is 59.5 Å². The van der Waals surface area contributed by atoms with Gasteiger partial charge in [0.2, 0.25) is 15.9 Å². The summed E-state index contributed by atoms with van der Waals surface area (Å²) in [5.74, 6) is 0.465. The third kappa shape index (κ3) is 4.16. The first kappa shape index (κ1) is 18.7. The molecule has 2 aromatic rings. The first-order valence-corrected chi connectivity index (χ1v) is 9.46. The van der Waals surface area contributed by atoms with Gasteiger partial charge < -0.3 is 4.74 Å². The molecule has 1 aromatic heterocycles. The minimum atomic E-state index is -4.59. The Labute approximate surface area is 149 Å². The lowest BCUT2D eigenvalue weighted by atomic mass is 10.1. The summed E-state index contributed by atoms with van der Waals surface area (Å²) in [6.07, 6.45) is -2.29. The highest BCUT2D eigenvalue weighted by atomic mass is 32.2. The summed E-state index contributed by atoms with van der Waals surface area (Å²) in [6, 6.07) is 9.07. The number of piperidine rings is 1. The van der Waals surface area contributed by atoms with E-state index in [2.05, 4.69) is 4.98 Å². The summed E-state index contributed by atoms with van der Waals surface area (Å²) >= 11 is 0. The Hall–Kier alpha value is -2.13. The molecule has 0 saturated carbocycles. The molecular weight excluding hydrogens is 369 g/mol. The minimum absolute atomic E-state index is 0.177. The highest BCUT2D eigenvalue weighted by Crippen LogP contribution is 2.31. The van der Waals surface area contributed by atoms with Crippen molar-refractivity contribution in [2.45, 2.75) is 30.0 Å². The number of alkyl halides is 3. The van der Waals surface area contributed by atoms with Crippen molar-refractivity contribution in [1.82, 2.24) is 9.29 Å². The van der Waals surface area contributed by atoms with Crippen molar-refractivity contribution in [3.8, 4) is 5.88 Å². The van der Waals surface area contributed by atoms with Gasteiger partial charge in [0.25, 0.3) is 0 Å². The molecule has 2 heterocycles. The molecule has 0 amide bonds. The van der Waals surface area contributed by atoms with E-state index < -0.39 is 21.8 Å². The predicted octanol–water partition coefficient (Wildman–Crippen LogP) is 3.33. The first-order chi connectivity index (χ1) is 12.3. The summed E-state index contributed by atoms with van der Waals surface area (Å²) in [4.78, 5) is 3.71. The van der Waals surface area contributed by atoms with E-state index in [0.717, 1.165) is 12.1 Å². The van der Waals surface area contributed by atoms with E-state index in [9.17, 15) is 21.6 Å². The monoisotopic (exact) mass is 386 g/mol. The molecule has 1 aliphatic rings. The van der Waals surface area contributed by atoms with E-state index >= 15 is 0 Å². The van der Waals surface area contributed by atoms with Crippen LogP contribution in [-0.4, -0.2) is 36.9 Å². The number of ether oxygens (including phenoxy) is 1. The number of pyridine rings is 1. The second-order valence-electron chi connectivity index (χ2n) is 5.91. The molecule has 0 spiro atoms. The average molecular weight is 386 g/mol. The molecule has 1 fully saturated rings. The molecule has 0 unspecified atom stereocenters. The van der Waals surface area contributed by atoms with Crippen LogP contribution in [0.15, 0.2) is 53.6 Å². The lowest BCUT2D eigenvalue weighted by molar-refractivity contribution is -0.137. The summed E-state index contributed by atoms with van der Waals surface area (Å²) in [5, 5.41) is 0. The Bertz CT molecular complexity index is 849. The molecule has 1 aliphatic heterocycles. The molecule has 1 aromatic carbocycles. The summed E-state index contributed by atoms with van der Waals surface area (Å²) < 4.78 is 70.7. The van der Waals surface area contributed by atoms with Crippen LogP contribution in [-0.2, 0) is 16.2 Å². The van der Waals surface area contributed by atoms with Crippen molar-refractivity contribution in [2.75, 3.05) is 13.1 Å². The maximum atomic E-state index is 12.8. The van der Waals surface area contributed by atoms with Gasteiger partial charge in [-0.1, -0.05) is 12.1 Å². The van der Waals surface area contributed by atoms with Gasteiger partial charge in [0.05, 0.1) is 10.5 Å². The Balaban J connectivity index is 1.68. The maximum absolute atomic E-state index is 12.8. The zero-order valence-electron chi connectivity index (χ0n) is 13.7. The van der Waals surface area contributed by atoms with Crippen LogP contribution in [0.3, 0.4) is 0 Å². The van der Waals surface area contributed by atoms with Crippen LogP contribution >= 0.6 is 0 Å². The molecule has 0 radical (unpaired) electrons. The molecule has 0 N–H and O–H groups in total. The number of benzene rings is 1. The van der Waals surface area contributed by atoms with Crippen LogP contribution in [0.25, 0.3) is 0 Å². The van der Waals surface area contributed by atoms with Crippen LogP contribution in [0, 0.1) is 0 Å². The third-order valence-corrected chi connectivity index (χ3v) is 6.02. The van der Waals surface area contributed by atoms with Crippen molar-refractivity contribution in [3.05, 3.63) is 54.2 Å². The fourth-order valence-electron chi connectivity index (χ4n) is 2.76. The number of halogens is 3. The lowest BCUT2D eigenvalue weighted by Crippen LogP contribution is -2.41. The summed E-state index contributed by atoms with van der Waals surface area (Å²) in [5.41, 5.74) is -0.980. The zero-order chi connectivity index (χ0) is 18.8. The molecule has 0 aliphatic carbocycles. The maximum Gasteiger partial charge on any atom is 0.416 e. The van der Waals surface area contributed by atoms with E-state index in [1.54, 1.807) is 24.4 Å². The van der Waals surface area contributed by atoms with Crippen molar-refractivity contribution in [1.29, 1.82) is 0 Å². The van der Waals surface area contributed by atoms with Crippen molar-refractivity contribution in [3.63, 3.8) is 0 Å². The van der Waals surface area contributed by atoms with Crippen LogP contribution < -0.4 is 4.74 Å². The normalized spacial score (nSPS) is 17.2. The van der Waals surface area contributed by atoms with Gasteiger partial charge in [-0.3, -0.25) is 0 Å². The molecule has 5 nitrogen and oxygen atoms in total. The molecular formula is C17H17F3N2O3S. The number of aromatic nitrogens is 1. The predicted molar refractivity (Wildman–Crippen MR) is 88.1 cm³/mol.